The summed E-state index contributed by atoms with van der Waals surface area (Å²) in [6.45, 7) is 11.2. The standard InChI is InChI=1S/C16H26N4O4Si/c1-16(2,3)25(4,5)23-7-11-10(21)6-12(24-11)20-9-19-13-14(20)17-8-18-15(13)22/h8-12,21H,6-7H2,1-5H3,(H,17,18,22). The number of hydrogen-bond donors (Lipinski definition) is 2. The molecule has 1 fully saturated rings. The van der Waals surface area contributed by atoms with Crippen LogP contribution in [0.5, 0.6) is 0 Å². The van der Waals surface area contributed by atoms with Gasteiger partial charge in [0.1, 0.15) is 12.3 Å². The van der Waals surface area contributed by atoms with Gasteiger partial charge in [0.2, 0.25) is 0 Å². The molecule has 3 atom stereocenters. The number of fused-ring (bicyclic) bond motifs is 1. The Labute approximate surface area is 147 Å². The van der Waals surface area contributed by atoms with Crippen LogP contribution in [0.15, 0.2) is 17.4 Å². The molecule has 2 N–H and O–H groups in total. The Bertz CT molecular complexity index is 810. The van der Waals surface area contributed by atoms with E-state index >= 15 is 0 Å². The first-order chi connectivity index (χ1) is 11.6. The van der Waals surface area contributed by atoms with E-state index in [1.54, 1.807) is 4.57 Å². The van der Waals surface area contributed by atoms with Crippen LogP contribution in [0.1, 0.15) is 33.4 Å². The van der Waals surface area contributed by atoms with Gasteiger partial charge in [-0.1, -0.05) is 20.8 Å². The molecule has 8 nitrogen and oxygen atoms in total. The number of imidazole rings is 1. The summed E-state index contributed by atoms with van der Waals surface area (Å²) >= 11 is 0. The number of aliphatic hydroxyl groups excluding tert-OH is 1. The average molecular weight is 366 g/mol. The molecular formula is C16H26N4O4Si. The molecule has 1 aliphatic rings. The van der Waals surface area contributed by atoms with Crippen LogP contribution < -0.4 is 5.56 Å². The minimum absolute atomic E-state index is 0.0987. The normalized spacial score (nSPS) is 25.0. The van der Waals surface area contributed by atoms with Crippen molar-refractivity contribution in [1.82, 2.24) is 19.5 Å². The Morgan fingerprint density at radius 1 is 1.44 bits per heavy atom. The summed E-state index contributed by atoms with van der Waals surface area (Å²) in [5, 5.41) is 10.5. The van der Waals surface area contributed by atoms with Crippen LogP contribution in [-0.2, 0) is 9.16 Å². The summed E-state index contributed by atoms with van der Waals surface area (Å²) in [6, 6.07) is 0. The third-order valence-corrected chi connectivity index (χ3v) is 9.79. The highest BCUT2D eigenvalue weighted by atomic mass is 28.4. The molecule has 0 aromatic carbocycles. The van der Waals surface area contributed by atoms with Crippen molar-refractivity contribution >= 4 is 19.5 Å². The molecule has 2 aromatic rings. The molecule has 3 heterocycles. The number of H-pyrrole nitrogens is 1. The molecule has 2 aromatic heterocycles. The molecule has 3 unspecified atom stereocenters. The Kier molecular flexibility index (Phi) is 4.61. The van der Waals surface area contributed by atoms with Crippen LogP contribution in [0.25, 0.3) is 11.2 Å². The number of aromatic nitrogens is 4. The monoisotopic (exact) mass is 366 g/mol. The molecule has 0 bridgehead atoms. The molecule has 0 saturated carbocycles. The largest absolute Gasteiger partial charge is 0.414 e. The van der Waals surface area contributed by atoms with Gasteiger partial charge in [-0.2, -0.15) is 0 Å². The van der Waals surface area contributed by atoms with Crippen LogP contribution >= 0.6 is 0 Å². The van der Waals surface area contributed by atoms with Crippen molar-refractivity contribution < 1.29 is 14.3 Å². The van der Waals surface area contributed by atoms with Crippen LogP contribution in [0.4, 0.5) is 0 Å². The Morgan fingerprint density at radius 2 is 2.16 bits per heavy atom. The van der Waals surface area contributed by atoms with E-state index in [1.165, 1.54) is 12.7 Å². The van der Waals surface area contributed by atoms with Gasteiger partial charge in [0.25, 0.3) is 5.56 Å². The van der Waals surface area contributed by atoms with Crippen molar-refractivity contribution in [2.24, 2.45) is 0 Å². The fourth-order valence-corrected chi connectivity index (χ4v) is 3.63. The van der Waals surface area contributed by atoms with E-state index < -0.39 is 26.8 Å². The fraction of sp³-hybridized carbons (Fsp3) is 0.688. The maximum absolute atomic E-state index is 11.8. The molecule has 9 heteroatoms. The Morgan fingerprint density at radius 3 is 2.84 bits per heavy atom. The van der Waals surface area contributed by atoms with Gasteiger partial charge in [-0.15, -0.1) is 0 Å². The third kappa shape index (κ3) is 3.41. The van der Waals surface area contributed by atoms with Crippen molar-refractivity contribution in [2.75, 3.05) is 6.61 Å². The number of ether oxygens (including phenoxy) is 1. The zero-order valence-electron chi connectivity index (χ0n) is 15.3. The van der Waals surface area contributed by atoms with Crippen molar-refractivity contribution in [2.45, 2.75) is 63.8 Å². The summed E-state index contributed by atoms with van der Waals surface area (Å²) < 4.78 is 13.9. The molecule has 0 amide bonds. The molecule has 138 valence electrons. The molecule has 0 aliphatic carbocycles. The molecule has 25 heavy (non-hydrogen) atoms. The summed E-state index contributed by atoms with van der Waals surface area (Å²) in [6.07, 6.45) is 1.83. The van der Waals surface area contributed by atoms with E-state index in [4.69, 9.17) is 9.16 Å². The third-order valence-electron chi connectivity index (χ3n) is 5.29. The van der Waals surface area contributed by atoms with E-state index in [9.17, 15) is 9.90 Å². The summed E-state index contributed by atoms with van der Waals surface area (Å²) in [5.74, 6) is 0. The summed E-state index contributed by atoms with van der Waals surface area (Å²) in [4.78, 5) is 22.5. The lowest BCUT2D eigenvalue weighted by molar-refractivity contribution is -0.0405. The highest BCUT2D eigenvalue weighted by Crippen LogP contribution is 2.38. The Balaban J connectivity index is 1.73. The number of aromatic amines is 1. The average Bonchev–Trinajstić information content (AvgIpc) is 3.08. The van der Waals surface area contributed by atoms with Gasteiger partial charge < -0.3 is 19.3 Å². The zero-order valence-corrected chi connectivity index (χ0v) is 16.3. The lowest BCUT2D eigenvalue weighted by atomic mass is 10.2. The van der Waals surface area contributed by atoms with Crippen LogP contribution in [0.2, 0.25) is 18.1 Å². The van der Waals surface area contributed by atoms with Crippen LogP contribution in [0.3, 0.4) is 0 Å². The number of rotatable bonds is 4. The second-order valence-corrected chi connectivity index (χ2v) is 12.9. The van der Waals surface area contributed by atoms with Gasteiger partial charge in [0.05, 0.1) is 25.4 Å². The molecule has 0 radical (unpaired) electrons. The quantitative estimate of drug-likeness (QED) is 0.800. The molecular weight excluding hydrogens is 340 g/mol. The number of nitrogens with one attached hydrogen (secondary N) is 1. The fourth-order valence-electron chi connectivity index (χ4n) is 2.62. The van der Waals surface area contributed by atoms with Gasteiger partial charge in [0, 0.05) is 6.42 Å². The number of aliphatic hydroxyl groups is 1. The minimum atomic E-state index is -1.91. The summed E-state index contributed by atoms with van der Waals surface area (Å²) in [7, 11) is -1.91. The first-order valence-corrected chi connectivity index (χ1v) is 11.4. The second kappa shape index (κ2) is 6.31. The Hall–Kier alpha value is -1.55. The highest BCUT2D eigenvalue weighted by molar-refractivity contribution is 6.74. The molecule has 1 aliphatic heterocycles. The van der Waals surface area contributed by atoms with Crippen molar-refractivity contribution in [3.05, 3.63) is 23.0 Å². The van der Waals surface area contributed by atoms with Gasteiger partial charge in [-0.3, -0.25) is 9.36 Å². The van der Waals surface area contributed by atoms with E-state index in [0.717, 1.165) is 0 Å². The first-order valence-electron chi connectivity index (χ1n) is 8.48. The molecule has 3 rings (SSSR count). The lowest BCUT2D eigenvalue weighted by Crippen LogP contribution is -2.43. The lowest BCUT2D eigenvalue weighted by Gasteiger charge is -2.37. The van der Waals surface area contributed by atoms with Crippen molar-refractivity contribution in [3.63, 3.8) is 0 Å². The van der Waals surface area contributed by atoms with Gasteiger partial charge >= 0.3 is 0 Å². The zero-order chi connectivity index (χ0) is 18.4. The van der Waals surface area contributed by atoms with Crippen LogP contribution in [0, 0.1) is 0 Å². The summed E-state index contributed by atoms with van der Waals surface area (Å²) in [5.41, 5.74) is 0.425. The van der Waals surface area contributed by atoms with E-state index in [1.807, 2.05) is 0 Å². The maximum Gasteiger partial charge on any atom is 0.278 e. The predicted octanol–water partition coefficient (Wildman–Crippen LogP) is 1.79. The second-order valence-electron chi connectivity index (χ2n) is 8.06. The van der Waals surface area contributed by atoms with Crippen molar-refractivity contribution in [1.29, 1.82) is 0 Å². The smallest absolute Gasteiger partial charge is 0.278 e. The van der Waals surface area contributed by atoms with E-state index in [-0.39, 0.29) is 16.1 Å². The molecule has 1 saturated heterocycles. The SMILES string of the molecule is CC(C)(C)[Si](C)(C)OCC1OC(n2cnc3c(=O)[nH]cnc32)CC1O. The highest BCUT2D eigenvalue weighted by Gasteiger charge is 2.41. The van der Waals surface area contributed by atoms with Gasteiger partial charge in [-0.25, -0.2) is 9.97 Å². The van der Waals surface area contributed by atoms with Gasteiger partial charge in [0.15, 0.2) is 19.5 Å². The first kappa shape index (κ1) is 18.2. The maximum atomic E-state index is 11.8. The van der Waals surface area contributed by atoms with E-state index in [2.05, 4.69) is 48.8 Å². The van der Waals surface area contributed by atoms with Crippen LogP contribution in [-0.4, -0.2) is 51.8 Å². The van der Waals surface area contributed by atoms with Crippen molar-refractivity contribution in [3.8, 4) is 0 Å². The molecule has 0 spiro atoms. The van der Waals surface area contributed by atoms with E-state index in [0.29, 0.717) is 18.7 Å². The minimum Gasteiger partial charge on any atom is -0.414 e. The number of hydrogen-bond acceptors (Lipinski definition) is 6. The topological polar surface area (TPSA) is 102 Å². The van der Waals surface area contributed by atoms with Gasteiger partial charge in [-0.05, 0) is 18.1 Å². The predicted molar refractivity (Wildman–Crippen MR) is 95.8 cm³/mol. The number of nitrogens with zero attached hydrogens (tertiary/aromatic N) is 3.